The highest BCUT2D eigenvalue weighted by molar-refractivity contribution is 6.00. The van der Waals surface area contributed by atoms with E-state index in [1.807, 2.05) is 43.3 Å². The van der Waals surface area contributed by atoms with Crippen molar-refractivity contribution in [2.24, 2.45) is 11.8 Å². The van der Waals surface area contributed by atoms with Crippen LogP contribution in [0.15, 0.2) is 36.4 Å². The van der Waals surface area contributed by atoms with Crippen molar-refractivity contribution in [2.75, 3.05) is 13.7 Å². The fraction of sp³-hybridized carbons (Fsp3) is 0.656. The van der Waals surface area contributed by atoms with E-state index in [2.05, 4.69) is 10.6 Å². The zero-order valence-corrected chi connectivity index (χ0v) is 23.8. The maximum atomic E-state index is 14.3. The van der Waals surface area contributed by atoms with E-state index in [0.717, 1.165) is 62.7 Å². The van der Waals surface area contributed by atoms with Gasteiger partial charge in [0.25, 0.3) is 0 Å². The number of ether oxygens (including phenoxy) is 2. The summed E-state index contributed by atoms with van der Waals surface area (Å²) in [6, 6.07) is 7.22. The first-order valence-corrected chi connectivity index (χ1v) is 15.3. The predicted octanol–water partition coefficient (Wildman–Crippen LogP) is 3.68. The lowest BCUT2D eigenvalue weighted by atomic mass is 9.70. The minimum absolute atomic E-state index is 0.110. The Morgan fingerprint density at radius 2 is 1.52 bits per heavy atom. The number of rotatable bonds is 8. The normalized spacial score (nSPS) is 33.7. The summed E-state index contributed by atoms with van der Waals surface area (Å²) in [5.74, 6) is -1.06. The number of amides is 3. The SMILES string of the molecule is COc1ccc(CCN2C(=O)[C@@H]3[C@H](C(=O)NC4CCCCC4)[C@@]4(C)C=C[C@@]3(O4)[C@H]2C(=O)NC2CCCCC2)cc1. The summed E-state index contributed by atoms with van der Waals surface area (Å²) >= 11 is 0. The summed E-state index contributed by atoms with van der Waals surface area (Å²) in [5, 5.41) is 6.53. The molecule has 2 N–H and O–H groups in total. The monoisotopic (exact) mass is 549 g/mol. The van der Waals surface area contributed by atoms with E-state index in [1.54, 1.807) is 12.0 Å². The van der Waals surface area contributed by atoms with Crippen molar-refractivity contribution in [1.82, 2.24) is 15.5 Å². The lowest BCUT2D eigenvalue weighted by molar-refractivity contribution is -0.145. The van der Waals surface area contributed by atoms with E-state index in [9.17, 15) is 14.4 Å². The first kappa shape index (κ1) is 27.3. The Morgan fingerprint density at radius 3 is 2.12 bits per heavy atom. The van der Waals surface area contributed by atoms with Crippen molar-refractivity contribution in [3.63, 3.8) is 0 Å². The maximum absolute atomic E-state index is 14.3. The number of methoxy groups -OCH3 is 1. The molecule has 1 aromatic carbocycles. The molecule has 0 unspecified atom stereocenters. The van der Waals surface area contributed by atoms with E-state index in [1.165, 1.54) is 12.8 Å². The molecule has 216 valence electrons. The van der Waals surface area contributed by atoms with E-state index in [-0.39, 0.29) is 29.8 Å². The van der Waals surface area contributed by atoms with Crippen LogP contribution in [0.25, 0.3) is 0 Å². The number of hydrogen-bond acceptors (Lipinski definition) is 5. The molecule has 0 aromatic heterocycles. The van der Waals surface area contributed by atoms with Crippen LogP contribution in [0.3, 0.4) is 0 Å². The molecule has 8 nitrogen and oxygen atoms in total. The minimum atomic E-state index is -1.14. The van der Waals surface area contributed by atoms with Gasteiger partial charge in [0, 0.05) is 18.6 Å². The third kappa shape index (κ3) is 4.72. The van der Waals surface area contributed by atoms with E-state index >= 15 is 0 Å². The van der Waals surface area contributed by atoms with Crippen LogP contribution in [0.2, 0.25) is 0 Å². The fourth-order valence-corrected chi connectivity index (χ4v) is 7.98. The number of nitrogens with one attached hydrogen (secondary N) is 2. The van der Waals surface area contributed by atoms with Crippen LogP contribution >= 0.6 is 0 Å². The maximum Gasteiger partial charge on any atom is 0.246 e. The summed E-state index contributed by atoms with van der Waals surface area (Å²) in [6.45, 7) is 2.27. The highest BCUT2D eigenvalue weighted by Gasteiger charge is 2.76. The van der Waals surface area contributed by atoms with Gasteiger partial charge in [-0.2, -0.15) is 0 Å². The van der Waals surface area contributed by atoms with Crippen LogP contribution in [0.1, 0.15) is 76.7 Å². The molecule has 0 radical (unpaired) electrons. The Morgan fingerprint density at radius 1 is 0.925 bits per heavy atom. The first-order valence-electron chi connectivity index (χ1n) is 15.3. The summed E-state index contributed by atoms with van der Waals surface area (Å²) in [5.41, 5.74) is -1.00. The van der Waals surface area contributed by atoms with Crippen molar-refractivity contribution in [3.8, 4) is 5.75 Å². The molecule has 4 fully saturated rings. The van der Waals surface area contributed by atoms with Crippen molar-refractivity contribution >= 4 is 17.7 Å². The number of carbonyl (C=O) groups excluding carboxylic acids is 3. The van der Waals surface area contributed by atoms with Gasteiger partial charge in [-0.3, -0.25) is 14.4 Å². The van der Waals surface area contributed by atoms with E-state index in [0.29, 0.717) is 13.0 Å². The zero-order chi connectivity index (χ0) is 27.9. The second kappa shape index (κ2) is 10.8. The largest absolute Gasteiger partial charge is 0.497 e. The standard InChI is InChI=1S/C32H43N3O5/c1-31-18-19-32(40-31)26(25(31)28(36)33-22-9-5-3-6-10-22)30(38)35(20-17-21-13-15-24(39-2)16-14-21)27(32)29(37)34-23-11-7-4-8-12-23/h13-16,18-19,22-23,25-27H,3-12,17,20H2,1-2H3,(H,33,36)(H,34,37)/t25-,26+,27-,31-,32+/m1/s1. The van der Waals surface area contributed by atoms with Crippen molar-refractivity contribution < 1.29 is 23.9 Å². The van der Waals surface area contributed by atoms with Gasteiger partial charge in [-0.05, 0) is 56.7 Å². The third-order valence-corrected chi connectivity index (χ3v) is 10.0. The van der Waals surface area contributed by atoms with Gasteiger partial charge in [0.15, 0.2) is 0 Å². The quantitative estimate of drug-likeness (QED) is 0.483. The smallest absolute Gasteiger partial charge is 0.246 e. The molecule has 2 saturated carbocycles. The van der Waals surface area contributed by atoms with Crippen molar-refractivity contribution in [3.05, 3.63) is 42.0 Å². The molecular weight excluding hydrogens is 506 g/mol. The van der Waals surface area contributed by atoms with Gasteiger partial charge >= 0.3 is 0 Å². The highest BCUT2D eigenvalue weighted by atomic mass is 16.5. The Labute approximate surface area is 237 Å². The lowest BCUT2D eigenvalue weighted by Crippen LogP contribution is -2.57. The lowest BCUT2D eigenvalue weighted by Gasteiger charge is -2.34. The Hall–Kier alpha value is -2.87. The van der Waals surface area contributed by atoms with Crippen LogP contribution in [0.4, 0.5) is 0 Å². The average molecular weight is 550 g/mol. The predicted molar refractivity (Wildman–Crippen MR) is 151 cm³/mol. The topological polar surface area (TPSA) is 97.0 Å². The molecule has 3 heterocycles. The van der Waals surface area contributed by atoms with Crippen LogP contribution in [-0.2, 0) is 25.5 Å². The van der Waals surface area contributed by atoms with Crippen LogP contribution < -0.4 is 15.4 Å². The van der Waals surface area contributed by atoms with E-state index < -0.39 is 29.1 Å². The zero-order valence-electron chi connectivity index (χ0n) is 23.8. The van der Waals surface area contributed by atoms with Gasteiger partial charge in [-0.1, -0.05) is 62.8 Å². The molecule has 5 aliphatic rings. The number of likely N-dealkylation sites (tertiary alicyclic amines) is 1. The Balaban J connectivity index is 1.28. The average Bonchev–Trinajstić information content (AvgIpc) is 3.53. The molecule has 3 aliphatic heterocycles. The molecule has 8 heteroatoms. The van der Waals surface area contributed by atoms with Crippen molar-refractivity contribution in [1.29, 1.82) is 0 Å². The Kier molecular flexibility index (Phi) is 7.40. The number of nitrogens with zero attached hydrogens (tertiary/aromatic N) is 1. The molecule has 3 amide bonds. The first-order chi connectivity index (χ1) is 19.3. The molecule has 40 heavy (non-hydrogen) atoms. The minimum Gasteiger partial charge on any atom is -0.497 e. The summed E-state index contributed by atoms with van der Waals surface area (Å²) in [7, 11) is 1.63. The van der Waals surface area contributed by atoms with Crippen molar-refractivity contribution in [2.45, 2.75) is 107 Å². The highest BCUT2D eigenvalue weighted by Crippen LogP contribution is 2.59. The molecule has 1 aromatic rings. The van der Waals surface area contributed by atoms with Crippen LogP contribution in [0.5, 0.6) is 5.75 Å². The fourth-order valence-electron chi connectivity index (χ4n) is 7.98. The van der Waals surface area contributed by atoms with Gasteiger partial charge in [0.2, 0.25) is 17.7 Å². The third-order valence-electron chi connectivity index (χ3n) is 10.0. The summed E-state index contributed by atoms with van der Waals surface area (Å²) < 4.78 is 12.0. The van der Waals surface area contributed by atoms with Gasteiger partial charge in [0.05, 0.1) is 24.5 Å². The summed E-state index contributed by atoms with van der Waals surface area (Å²) in [4.78, 5) is 43.9. The molecular formula is C32H43N3O5. The molecule has 1 spiro atoms. The molecule has 2 aliphatic carbocycles. The molecule has 2 saturated heterocycles. The second-order valence-electron chi connectivity index (χ2n) is 12.6. The van der Waals surface area contributed by atoms with Gasteiger partial charge in [0.1, 0.15) is 17.4 Å². The van der Waals surface area contributed by atoms with Crippen LogP contribution in [-0.4, -0.2) is 65.6 Å². The van der Waals surface area contributed by atoms with Gasteiger partial charge in [-0.25, -0.2) is 0 Å². The molecule has 2 bridgehead atoms. The van der Waals surface area contributed by atoms with Crippen LogP contribution in [0, 0.1) is 11.8 Å². The number of benzene rings is 1. The van der Waals surface area contributed by atoms with Gasteiger partial charge < -0.3 is 25.0 Å². The molecule has 6 rings (SSSR count). The number of hydrogen-bond donors (Lipinski definition) is 2. The van der Waals surface area contributed by atoms with Gasteiger partial charge in [-0.15, -0.1) is 0 Å². The Bertz CT molecular complexity index is 1160. The van der Waals surface area contributed by atoms with E-state index in [4.69, 9.17) is 9.47 Å². The molecule has 5 atom stereocenters. The number of fused-ring (bicyclic) bond motifs is 1. The second-order valence-corrected chi connectivity index (χ2v) is 12.6. The number of carbonyl (C=O) groups is 3. The summed E-state index contributed by atoms with van der Waals surface area (Å²) in [6.07, 6.45) is 15.1.